The highest BCUT2D eigenvalue weighted by molar-refractivity contribution is 7.92. The summed E-state index contributed by atoms with van der Waals surface area (Å²) in [4.78, 5) is 14.2. The Morgan fingerprint density at radius 3 is 2.39 bits per heavy atom. The molecule has 31 heavy (non-hydrogen) atoms. The van der Waals surface area contributed by atoms with Gasteiger partial charge in [-0.25, -0.2) is 8.42 Å². The first kappa shape index (κ1) is 22.7. The van der Waals surface area contributed by atoms with E-state index in [2.05, 4.69) is 0 Å². The predicted molar refractivity (Wildman–Crippen MR) is 118 cm³/mol. The van der Waals surface area contributed by atoms with Gasteiger partial charge in [0.25, 0.3) is 0 Å². The maximum atomic E-state index is 12.5. The van der Waals surface area contributed by atoms with Crippen LogP contribution >= 0.6 is 0 Å². The molecule has 0 saturated carbocycles. The van der Waals surface area contributed by atoms with Crippen molar-refractivity contribution in [1.82, 2.24) is 4.90 Å². The molecule has 2 aromatic rings. The molecule has 9 heteroatoms. The number of carbonyl (C=O) groups is 1. The normalized spacial score (nSPS) is 12.9. The van der Waals surface area contributed by atoms with Crippen molar-refractivity contribution in [2.24, 2.45) is 0 Å². The number of carbonyl (C=O) groups excluding carboxylic acids is 1. The summed E-state index contributed by atoms with van der Waals surface area (Å²) in [6, 6.07) is 12.6. The standard InChI is InChI=1S/C22H28N2O6S/c1-23(16-17-6-9-19(28-2)10-7-17)22(25)5-4-12-24(31(3,26)27)18-8-11-20-21(15-18)30-14-13-29-20/h6-11,15H,4-5,12-14,16H2,1-3H3. The second kappa shape index (κ2) is 9.91. The molecule has 0 fully saturated rings. The number of anilines is 1. The molecule has 0 radical (unpaired) electrons. The molecule has 168 valence electrons. The number of sulfonamides is 1. The molecule has 2 aromatic carbocycles. The van der Waals surface area contributed by atoms with Gasteiger partial charge in [-0.1, -0.05) is 12.1 Å². The quantitative estimate of drug-likeness (QED) is 0.586. The number of rotatable bonds is 9. The highest BCUT2D eigenvalue weighted by atomic mass is 32.2. The zero-order chi connectivity index (χ0) is 22.4. The zero-order valence-corrected chi connectivity index (χ0v) is 18.9. The average Bonchev–Trinajstić information content (AvgIpc) is 2.76. The van der Waals surface area contributed by atoms with Gasteiger partial charge in [-0.2, -0.15) is 0 Å². The van der Waals surface area contributed by atoms with Crippen LogP contribution < -0.4 is 18.5 Å². The number of methoxy groups -OCH3 is 1. The van der Waals surface area contributed by atoms with E-state index < -0.39 is 10.0 Å². The van der Waals surface area contributed by atoms with Crippen LogP contribution in [0.25, 0.3) is 0 Å². The molecule has 8 nitrogen and oxygen atoms in total. The van der Waals surface area contributed by atoms with Gasteiger partial charge in [-0.05, 0) is 36.2 Å². The second-order valence-corrected chi connectivity index (χ2v) is 9.27. The van der Waals surface area contributed by atoms with Crippen LogP contribution in [-0.2, 0) is 21.4 Å². The minimum absolute atomic E-state index is 0.0496. The van der Waals surface area contributed by atoms with Crippen LogP contribution in [0, 0.1) is 0 Å². The first-order valence-corrected chi connectivity index (χ1v) is 11.9. The van der Waals surface area contributed by atoms with Crippen molar-refractivity contribution in [3.8, 4) is 17.2 Å². The van der Waals surface area contributed by atoms with Crippen molar-refractivity contribution in [2.45, 2.75) is 19.4 Å². The molecule has 0 spiro atoms. The molecule has 0 N–H and O–H groups in total. The lowest BCUT2D eigenvalue weighted by Crippen LogP contribution is -2.32. The summed E-state index contributed by atoms with van der Waals surface area (Å²) in [6.07, 6.45) is 1.79. The van der Waals surface area contributed by atoms with Gasteiger partial charge >= 0.3 is 0 Å². The third-order valence-electron chi connectivity index (χ3n) is 4.97. The number of hydrogen-bond donors (Lipinski definition) is 0. The van der Waals surface area contributed by atoms with Gasteiger partial charge in [0.1, 0.15) is 19.0 Å². The minimum Gasteiger partial charge on any atom is -0.497 e. The van der Waals surface area contributed by atoms with Gasteiger partial charge in [0.05, 0.1) is 19.1 Å². The van der Waals surface area contributed by atoms with Gasteiger partial charge in [0.15, 0.2) is 11.5 Å². The fraction of sp³-hybridized carbons (Fsp3) is 0.409. The first-order chi connectivity index (χ1) is 14.8. The van der Waals surface area contributed by atoms with Crippen LogP contribution in [0.15, 0.2) is 42.5 Å². The monoisotopic (exact) mass is 448 g/mol. The summed E-state index contributed by atoms with van der Waals surface area (Å²) in [6.45, 7) is 1.56. The van der Waals surface area contributed by atoms with Gasteiger partial charge in [0, 0.05) is 32.6 Å². The number of benzene rings is 2. The van der Waals surface area contributed by atoms with E-state index in [-0.39, 0.29) is 18.9 Å². The maximum Gasteiger partial charge on any atom is 0.232 e. The topological polar surface area (TPSA) is 85.4 Å². The summed E-state index contributed by atoms with van der Waals surface area (Å²) < 4.78 is 42.2. The van der Waals surface area contributed by atoms with Gasteiger partial charge < -0.3 is 19.1 Å². The Morgan fingerprint density at radius 1 is 1.06 bits per heavy atom. The van der Waals surface area contributed by atoms with E-state index in [0.29, 0.717) is 43.4 Å². The Labute approximate surface area is 183 Å². The molecule has 0 atom stereocenters. The van der Waals surface area contributed by atoms with Crippen LogP contribution in [0.3, 0.4) is 0 Å². The lowest BCUT2D eigenvalue weighted by Gasteiger charge is -2.25. The average molecular weight is 449 g/mol. The zero-order valence-electron chi connectivity index (χ0n) is 18.0. The molecular weight excluding hydrogens is 420 g/mol. The number of amides is 1. The fourth-order valence-corrected chi connectivity index (χ4v) is 4.29. The van der Waals surface area contributed by atoms with Crippen molar-refractivity contribution in [2.75, 3.05) is 44.5 Å². The Balaban J connectivity index is 1.58. The first-order valence-electron chi connectivity index (χ1n) is 10.0. The SMILES string of the molecule is COc1ccc(CN(C)C(=O)CCCN(c2ccc3c(c2)OCCO3)S(C)(=O)=O)cc1. The van der Waals surface area contributed by atoms with Crippen molar-refractivity contribution in [3.05, 3.63) is 48.0 Å². The van der Waals surface area contributed by atoms with E-state index in [9.17, 15) is 13.2 Å². The molecule has 1 amide bonds. The predicted octanol–water partition coefficient (Wildman–Crippen LogP) is 2.67. The van der Waals surface area contributed by atoms with Gasteiger partial charge in [0.2, 0.25) is 15.9 Å². The van der Waals surface area contributed by atoms with Gasteiger partial charge in [-0.3, -0.25) is 9.10 Å². The highest BCUT2D eigenvalue weighted by Gasteiger charge is 2.21. The van der Waals surface area contributed by atoms with Crippen LogP contribution in [0.1, 0.15) is 18.4 Å². The smallest absolute Gasteiger partial charge is 0.232 e. The third-order valence-corrected chi connectivity index (χ3v) is 6.16. The van der Waals surface area contributed by atoms with Crippen molar-refractivity contribution in [3.63, 3.8) is 0 Å². The van der Waals surface area contributed by atoms with Crippen molar-refractivity contribution >= 4 is 21.6 Å². The minimum atomic E-state index is -3.52. The van der Waals surface area contributed by atoms with Gasteiger partial charge in [-0.15, -0.1) is 0 Å². The molecule has 1 aliphatic rings. The Bertz CT molecular complexity index is 1010. The maximum absolute atomic E-state index is 12.5. The lowest BCUT2D eigenvalue weighted by molar-refractivity contribution is -0.130. The third kappa shape index (κ3) is 6.04. The molecule has 0 aliphatic carbocycles. The summed E-state index contributed by atoms with van der Waals surface area (Å²) in [7, 11) is -0.173. The number of ether oxygens (including phenoxy) is 3. The summed E-state index contributed by atoms with van der Waals surface area (Å²) in [5.74, 6) is 1.83. The molecule has 0 aromatic heterocycles. The number of hydrogen-bond acceptors (Lipinski definition) is 6. The molecule has 0 unspecified atom stereocenters. The second-order valence-electron chi connectivity index (χ2n) is 7.36. The largest absolute Gasteiger partial charge is 0.497 e. The Morgan fingerprint density at radius 2 is 1.74 bits per heavy atom. The van der Waals surface area contributed by atoms with E-state index in [4.69, 9.17) is 14.2 Å². The summed E-state index contributed by atoms with van der Waals surface area (Å²) in [5.41, 5.74) is 1.48. The van der Waals surface area contributed by atoms with E-state index in [0.717, 1.165) is 17.6 Å². The fourth-order valence-electron chi connectivity index (χ4n) is 3.33. The molecule has 0 bridgehead atoms. The van der Waals surface area contributed by atoms with Crippen LogP contribution in [0.4, 0.5) is 5.69 Å². The van der Waals surface area contributed by atoms with Crippen LogP contribution in [0.2, 0.25) is 0 Å². The Kier molecular flexibility index (Phi) is 7.27. The number of fused-ring (bicyclic) bond motifs is 1. The van der Waals surface area contributed by atoms with Crippen LogP contribution in [-0.4, -0.2) is 59.4 Å². The molecular formula is C22H28N2O6S. The van der Waals surface area contributed by atoms with Crippen molar-refractivity contribution < 1.29 is 27.4 Å². The molecule has 3 rings (SSSR count). The highest BCUT2D eigenvalue weighted by Crippen LogP contribution is 2.34. The summed E-state index contributed by atoms with van der Waals surface area (Å²) >= 11 is 0. The van der Waals surface area contributed by atoms with Crippen LogP contribution in [0.5, 0.6) is 17.2 Å². The molecule has 1 aliphatic heterocycles. The van der Waals surface area contributed by atoms with Crippen molar-refractivity contribution in [1.29, 1.82) is 0 Å². The Hall–Kier alpha value is -2.94. The molecule has 1 heterocycles. The van der Waals surface area contributed by atoms with E-state index in [1.165, 1.54) is 4.31 Å². The number of nitrogens with zero attached hydrogens (tertiary/aromatic N) is 2. The summed E-state index contributed by atoms with van der Waals surface area (Å²) in [5, 5.41) is 0. The molecule has 0 saturated heterocycles. The van der Waals surface area contributed by atoms with E-state index >= 15 is 0 Å². The van der Waals surface area contributed by atoms with E-state index in [1.807, 2.05) is 24.3 Å². The lowest BCUT2D eigenvalue weighted by atomic mass is 10.2. The van der Waals surface area contributed by atoms with E-state index in [1.54, 1.807) is 37.3 Å².